The molecule has 0 radical (unpaired) electrons. The smallest absolute Gasteiger partial charge is 0.410 e. The van der Waals surface area contributed by atoms with Crippen LogP contribution >= 0.6 is 0 Å². The zero-order valence-electron chi connectivity index (χ0n) is 17.9. The fourth-order valence-electron chi connectivity index (χ4n) is 3.89. The number of carbonyl (C=O) groups excluding carboxylic acids is 2. The third-order valence-electron chi connectivity index (χ3n) is 5.37. The number of aliphatic hydroxyl groups excluding tert-OH is 1. The van der Waals surface area contributed by atoms with E-state index in [-0.39, 0.29) is 12.0 Å². The second-order valence-corrected chi connectivity index (χ2v) is 8.88. The molecule has 8 heteroatoms. The highest BCUT2D eigenvalue weighted by molar-refractivity contribution is 5.97. The Kier molecular flexibility index (Phi) is 6.52. The van der Waals surface area contributed by atoms with Gasteiger partial charge in [-0.15, -0.1) is 0 Å². The lowest BCUT2D eigenvalue weighted by atomic mass is 10.0. The molecule has 0 saturated carbocycles. The topological polar surface area (TPSA) is 106 Å². The summed E-state index contributed by atoms with van der Waals surface area (Å²) in [5.41, 5.74) is 1.18. The lowest BCUT2D eigenvalue weighted by Gasteiger charge is -2.32. The molecule has 2 aliphatic rings. The van der Waals surface area contributed by atoms with Gasteiger partial charge >= 0.3 is 6.09 Å². The van der Waals surface area contributed by atoms with E-state index in [0.717, 1.165) is 12.1 Å². The summed E-state index contributed by atoms with van der Waals surface area (Å²) >= 11 is 0. The molecule has 0 spiro atoms. The van der Waals surface area contributed by atoms with Gasteiger partial charge in [-0.05, 0) is 64.7 Å². The minimum Gasteiger partial charge on any atom is -0.444 e. The molecule has 162 valence electrons. The van der Waals surface area contributed by atoms with Gasteiger partial charge in [0.05, 0.1) is 17.4 Å². The Balaban J connectivity index is 1.69. The summed E-state index contributed by atoms with van der Waals surface area (Å²) in [5.74, 6) is -0.281. The number of likely N-dealkylation sites (tertiary alicyclic amines) is 1. The number of nitriles is 1. The highest BCUT2D eigenvalue weighted by atomic mass is 16.6. The molecule has 0 bridgehead atoms. The molecule has 2 amide bonds. The molecular formula is C22H30N4O4. The predicted octanol–water partition coefficient (Wildman–Crippen LogP) is 2.86. The first kappa shape index (κ1) is 21.9. The summed E-state index contributed by atoms with van der Waals surface area (Å²) in [5, 5.41) is 22.1. The molecule has 0 aliphatic carbocycles. The van der Waals surface area contributed by atoms with Crippen LogP contribution < -0.4 is 10.2 Å². The van der Waals surface area contributed by atoms with Gasteiger partial charge in [-0.1, -0.05) is 0 Å². The van der Waals surface area contributed by atoms with E-state index in [9.17, 15) is 20.0 Å². The van der Waals surface area contributed by atoms with E-state index in [4.69, 9.17) is 4.74 Å². The quantitative estimate of drug-likeness (QED) is 0.788. The molecule has 1 atom stereocenters. The lowest BCUT2D eigenvalue weighted by molar-refractivity contribution is -0.120. The van der Waals surface area contributed by atoms with Crippen LogP contribution in [-0.4, -0.2) is 59.4 Å². The first-order chi connectivity index (χ1) is 14.2. The average Bonchev–Trinajstić information content (AvgIpc) is 3.17. The number of hydrogen-bond acceptors (Lipinski definition) is 6. The lowest BCUT2D eigenvalue weighted by Crippen LogP contribution is -2.45. The van der Waals surface area contributed by atoms with Crippen LogP contribution in [0.4, 0.5) is 16.2 Å². The van der Waals surface area contributed by atoms with E-state index in [1.54, 1.807) is 32.9 Å². The Labute approximate surface area is 177 Å². The summed E-state index contributed by atoms with van der Waals surface area (Å²) in [7, 11) is 0. The van der Waals surface area contributed by atoms with Crippen LogP contribution in [0.25, 0.3) is 0 Å². The first-order valence-corrected chi connectivity index (χ1v) is 10.5. The Morgan fingerprint density at radius 3 is 2.53 bits per heavy atom. The van der Waals surface area contributed by atoms with Gasteiger partial charge in [0.25, 0.3) is 0 Å². The summed E-state index contributed by atoms with van der Waals surface area (Å²) in [4.78, 5) is 28.8. The van der Waals surface area contributed by atoms with E-state index in [2.05, 4.69) is 16.3 Å². The van der Waals surface area contributed by atoms with Crippen molar-refractivity contribution in [1.82, 2.24) is 4.90 Å². The molecule has 2 N–H and O–H groups in total. The minimum absolute atomic E-state index is 0.281. The van der Waals surface area contributed by atoms with Gasteiger partial charge < -0.3 is 20.1 Å². The van der Waals surface area contributed by atoms with Gasteiger partial charge in [-0.25, -0.2) is 4.79 Å². The minimum atomic E-state index is -0.622. The standard InChI is InChI=1S/C22H30N4O4/c1-22(2,3)30-21(29)26-10-4-5-19(26)20(28)24-16-6-7-18(15(13-16)14-23)25-11-8-17(27)9-12-25/h6-7,13,17,19,27H,4-5,8-12H2,1-3H3,(H,24,28)/t19-/m0/s1. The van der Waals surface area contributed by atoms with Crippen molar-refractivity contribution in [3.63, 3.8) is 0 Å². The largest absolute Gasteiger partial charge is 0.444 e. The van der Waals surface area contributed by atoms with Crippen LogP contribution in [0.5, 0.6) is 0 Å². The van der Waals surface area contributed by atoms with Crippen LogP contribution in [0, 0.1) is 11.3 Å². The molecule has 2 saturated heterocycles. The van der Waals surface area contributed by atoms with Gasteiger partial charge in [0.2, 0.25) is 5.91 Å². The second-order valence-electron chi connectivity index (χ2n) is 8.88. The summed E-state index contributed by atoms with van der Waals surface area (Å²) in [6.45, 7) is 7.25. The number of benzene rings is 1. The van der Waals surface area contributed by atoms with Crippen LogP contribution in [0.15, 0.2) is 18.2 Å². The summed E-state index contributed by atoms with van der Waals surface area (Å²) in [6.07, 6.45) is 1.88. The number of hydrogen-bond donors (Lipinski definition) is 2. The fraction of sp³-hybridized carbons (Fsp3) is 0.591. The molecule has 0 unspecified atom stereocenters. The van der Waals surface area contributed by atoms with Crippen molar-refractivity contribution in [2.24, 2.45) is 0 Å². The number of carbonyl (C=O) groups is 2. The van der Waals surface area contributed by atoms with Crippen LogP contribution in [-0.2, 0) is 9.53 Å². The van der Waals surface area contributed by atoms with Crippen molar-refractivity contribution in [1.29, 1.82) is 5.26 Å². The van der Waals surface area contributed by atoms with Crippen molar-refractivity contribution in [2.75, 3.05) is 29.9 Å². The van der Waals surface area contributed by atoms with Gasteiger partial charge in [0.15, 0.2) is 0 Å². The average molecular weight is 415 g/mol. The van der Waals surface area contributed by atoms with Crippen LogP contribution in [0.2, 0.25) is 0 Å². The maximum absolute atomic E-state index is 12.8. The third kappa shape index (κ3) is 5.22. The zero-order chi connectivity index (χ0) is 21.9. The molecule has 2 aliphatic heterocycles. The Bertz CT molecular complexity index is 835. The van der Waals surface area contributed by atoms with Gasteiger partial charge in [-0.3, -0.25) is 9.69 Å². The molecule has 8 nitrogen and oxygen atoms in total. The zero-order valence-corrected chi connectivity index (χ0v) is 17.9. The third-order valence-corrected chi connectivity index (χ3v) is 5.37. The highest BCUT2D eigenvalue weighted by Crippen LogP contribution is 2.28. The molecule has 2 fully saturated rings. The Morgan fingerprint density at radius 2 is 1.90 bits per heavy atom. The number of piperidine rings is 1. The van der Waals surface area contributed by atoms with Gasteiger partial charge in [0, 0.05) is 25.3 Å². The Hall–Kier alpha value is -2.79. The van der Waals surface area contributed by atoms with E-state index in [0.29, 0.717) is 50.1 Å². The normalized spacial score (nSPS) is 20.0. The SMILES string of the molecule is CC(C)(C)OC(=O)N1CCC[C@H]1C(=O)Nc1ccc(N2CCC(O)CC2)c(C#N)c1. The van der Waals surface area contributed by atoms with Gasteiger partial charge in [0.1, 0.15) is 17.7 Å². The highest BCUT2D eigenvalue weighted by Gasteiger charge is 2.36. The number of anilines is 2. The summed E-state index contributed by atoms with van der Waals surface area (Å²) < 4.78 is 5.42. The number of nitrogens with zero attached hydrogens (tertiary/aromatic N) is 3. The molecular weight excluding hydrogens is 384 g/mol. The number of amides is 2. The number of ether oxygens (including phenoxy) is 1. The van der Waals surface area contributed by atoms with Crippen LogP contribution in [0.1, 0.15) is 52.0 Å². The fourth-order valence-corrected chi connectivity index (χ4v) is 3.89. The second kappa shape index (κ2) is 8.92. The molecule has 3 rings (SSSR count). The van der Waals surface area contributed by atoms with Crippen molar-refractivity contribution in [3.8, 4) is 6.07 Å². The first-order valence-electron chi connectivity index (χ1n) is 10.5. The van der Waals surface area contributed by atoms with E-state index in [1.807, 2.05) is 6.07 Å². The van der Waals surface area contributed by atoms with Crippen molar-refractivity contribution >= 4 is 23.4 Å². The maximum Gasteiger partial charge on any atom is 0.410 e. The summed E-state index contributed by atoms with van der Waals surface area (Å²) in [6, 6.07) is 6.86. The van der Waals surface area contributed by atoms with Gasteiger partial charge in [-0.2, -0.15) is 5.26 Å². The van der Waals surface area contributed by atoms with Crippen molar-refractivity contribution in [2.45, 2.75) is 64.2 Å². The number of rotatable bonds is 3. The van der Waals surface area contributed by atoms with Crippen molar-refractivity contribution < 1.29 is 19.4 Å². The molecule has 1 aromatic carbocycles. The molecule has 30 heavy (non-hydrogen) atoms. The van der Waals surface area contributed by atoms with E-state index >= 15 is 0 Å². The number of nitrogens with one attached hydrogen (secondary N) is 1. The molecule has 0 aromatic heterocycles. The number of aliphatic hydroxyl groups is 1. The Morgan fingerprint density at radius 1 is 1.20 bits per heavy atom. The maximum atomic E-state index is 12.8. The van der Waals surface area contributed by atoms with E-state index < -0.39 is 17.7 Å². The molecule has 1 aromatic rings. The monoisotopic (exact) mass is 414 g/mol. The van der Waals surface area contributed by atoms with Crippen molar-refractivity contribution in [3.05, 3.63) is 23.8 Å². The van der Waals surface area contributed by atoms with E-state index in [1.165, 1.54) is 4.90 Å². The predicted molar refractivity (Wildman–Crippen MR) is 113 cm³/mol. The molecule has 2 heterocycles. The van der Waals surface area contributed by atoms with Crippen LogP contribution in [0.3, 0.4) is 0 Å².